The highest BCUT2D eigenvalue weighted by Gasteiger charge is 2.38. The van der Waals surface area contributed by atoms with Crippen LogP contribution in [0.3, 0.4) is 0 Å². The fraction of sp³-hybridized carbons (Fsp3) is 0.487. The fourth-order valence-electron chi connectivity index (χ4n) is 8.97. The molecule has 268 valence electrons. The molecule has 4 saturated heterocycles. The van der Waals surface area contributed by atoms with Crippen molar-refractivity contribution >= 4 is 33.4 Å². The van der Waals surface area contributed by atoms with Gasteiger partial charge in [0.2, 0.25) is 0 Å². The standard InChI is InChI=1S/C39H46F2N8O2/c1-50-25-18-33(42-20-25)38-44-29-8-6-22(14-31(29)46-38)35-10-11-36(49(35)24-16-27(40)37(28(41)17-24)48-12-4-3-5-13-48)23-7-9-30-32(15-23)47-39(45-30)34-19-26(51-2)21-43-34/h6-9,14-17,25-26,33-36,42-43H,3-5,10-13,18-21H2,1-2H3,(H,44,46)(H,45,47)/t25-,26-,33+,34+,35-,36-/m1/s1. The maximum Gasteiger partial charge on any atom is 0.151 e. The van der Waals surface area contributed by atoms with Crippen LogP contribution in [0.25, 0.3) is 22.1 Å². The molecule has 0 bridgehead atoms. The molecule has 4 aliphatic heterocycles. The van der Waals surface area contributed by atoms with E-state index < -0.39 is 11.6 Å². The van der Waals surface area contributed by atoms with E-state index >= 15 is 8.78 Å². The van der Waals surface area contributed by atoms with E-state index in [1.165, 1.54) is 0 Å². The van der Waals surface area contributed by atoms with Crippen LogP contribution < -0.4 is 20.4 Å². The number of imidazole rings is 2. The van der Waals surface area contributed by atoms with E-state index in [0.29, 0.717) is 18.8 Å². The van der Waals surface area contributed by atoms with E-state index in [9.17, 15) is 0 Å². The molecule has 6 atom stereocenters. The van der Waals surface area contributed by atoms with Gasteiger partial charge in [0.15, 0.2) is 11.6 Å². The largest absolute Gasteiger partial charge is 0.380 e. The fourth-order valence-corrected chi connectivity index (χ4v) is 8.97. The van der Waals surface area contributed by atoms with Crippen LogP contribution in [0.4, 0.5) is 20.2 Å². The highest BCUT2D eigenvalue weighted by atomic mass is 19.1. The van der Waals surface area contributed by atoms with Crippen LogP contribution >= 0.6 is 0 Å². The molecule has 0 amide bonds. The molecule has 0 radical (unpaired) electrons. The second-order valence-electron chi connectivity index (χ2n) is 14.7. The molecule has 0 aliphatic carbocycles. The van der Waals surface area contributed by atoms with Crippen LogP contribution in [-0.2, 0) is 9.47 Å². The number of hydrogen-bond donors (Lipinski definition) is 4. The van der Waals surface area contributed by atoms with E-state index in [-0.39, 0.29) is 42.1 Å². The van der Waals surface area contributed by atoms with Crippen LogP contribution in [0.5, 0.6) is 0 Å². The van der Waals surface area contributed by atoms with E-state index in [4.69, 9.17) is 19.4 Å². The van der Waals surface area contributed by atoms with E-state index in [0.717, 1.165) is 103 Å². The molecule has 0 saturated carbocycles. The number of hydrogen-bond acceptors (Lipinski definition) is 8. The number of benzene rings is 3. The Kier molecular flexibility index (Phi) is 8.66. The predicted molar refractivity (Wildman–Crippen MR) is 194 cm³/mol. The van der Waals surface area contributed by atoms with Gasteiger partial charge in [-0.3, -0.25) is 0 Å². The van der Waals surface area contributed by atoms with Crippen LogP contribution in [0, 0.1) is 11.6 Å². The summed E-state index contributed by atoms with van der Waals surface area (Å²) in [6.07, 6.45) is 6.68. The summed E-state index contributed by atoms with van der Waals surface area (Å²) in [6.45, 7) is 2.93. The SMILES string of the molecule is CO[C@H]1CN[C@H](c2nc3ccc([C@H]4CC[C@H](c5ccc6nc([C@@H]7C[C@@H](OC)CN7)[nH]c6c5)N4c4cc(F)c(N5CCCCC5)c(F)c4)cc3[nH]2)C1. The van der Waals surface area contributed by atoms with Gasteiger partial charge in [-0.15, -0.1) is 0 Å². The summed E-state index contributed by atoms with van der Waals surface area (Å²) in [4.78, 5) is 21.0. The summed E-state index contributed by atoms with van der Waals surface area (Å²) in [5.74, 6) is 0.794. The van der Waals surface area contributed by atoms with Gasteiger partial charge >= 0.3 is 0 Å². The van der Waals surface area contributed by atoms with Gasteiger partial charge in [-0.05, 0) is 92.5 Å². The van der Waals surface area contributed by atoms with E-state index in [2.05, 4.69) is 61.9 Å². The highest BCUT2D eigenvalue weighted by molar-refractivity contribution is 5.78. The van der Waals surface area contributed by atoms with Gasteiger partial charge in [-0.1, -0.05) is 12.1 Å². The third kappa shape index (κ3) is 6.05. The van der Waals surface area contributed by atoms with Crippen molar-refractivity contribution in [2.75, 3.05) is 50.2 Å². The Morgan fingerprint density at radius 1 is 0.686 bits per heavy atom. The Morgan fingerprint density at radius 2 is 1.20 bits per heavy atom. The van der Waals surface area contributed by atoms with Gasteiger partial charge in [0.05, 0.1) is 58.4 Å². The van der Waals surface area contributed by atoms with Crippen molar-refractivity contribution in [3.63, 3.8) is 0 Å². The number of H-pyrrole nitrogens is 2. The van der Waals surface area contributed by atoms with Crippen molar-refractivity contribution in [1.82, 2.24) is 30.6 Å². The minimum Gasteiger partial charge on any atom is -0.380 e. The van der Waals surface area contributed by atoms with Crippen LogP contribution in [0.1, 0.15) is 91.9 Å². The molecule has 12 heteroatoms. The van der Waals surface area contributed by atoms with Crippen LogP contribution in [0.15, 0.2) is 48.5 Å². The molecule has 0 spiro atoms. The normalized spacial score (nSPS) is 27.1. The zero-order valence-corrected chi connectivity index (χ0v) is 29.2. The molecule has 4 fully saturated rings. The average Bonchev–Trinajstić information content (AvgIpc) is 3.99. The molecule has 5 aromatic rings. The minimum absolute atomic E-state index is 0.0935. The Balaban J connectivity index is 1.08. The molecule has 0 unspecified atom stereocenters. The van der Waals surface area contributed by atoms with Gasteiger partial charge < -0.3 is 39.9 Å². The second-order valence-corrected chi connectivity index (χ2v) is 14.7. The van der Waals surface area contributed by atoms with Gasteiger partial charge in [0.25, 0.3) is 0 Å². The molecule has 2 aromatic heterocycles. The molecule has 10 nitrogen and oxygen atoms in total. The summed E-state index contributed by atoms with van der Waals surface area (Å²) in [6, 6.07) is 15.8. The zero-order chi connectivity index (χ0) is 34.6. The van der Waals surface area contributed by atoms with Gasteiger partial charge in [0, 0.05) is 46.1 Å². The second kappa shape index (κ2) is 13.5. The summed E-state index contributed by atoms with van der Waals surface area (Å²) in [5, 5.41) is 7.03. The highest BCUT2D eigenvalue weighted by Crippen LogP contribution is 2.49. The van der Waals surface area contributed by atoms with Gasteiger partial charge in [0.1, 0.15) is 17.3 Å². The van der Waals surface area contributed by atoms with Crippen molar-refractivity contribution in [1.29, 1.82) is 0 Å². The van der Waals surface area contributed by atoms with Crippen molar-refractivity contribution in [2.24, 2.45) is 0 Å². The topological polar surface area (TPSA) is 106 Å². The lowest BCUT2D eigenvalue weighted by atomic mass is 10.0. The number of methoxy groups -OCH3 is 2. The molecule has 4 N–H and O–H groups in total. The molecule has 51 heavy (non-hydrogen) atoms. The number of aromatic amines is 2. The smallest absolute Gasteiger partial charge is 0.151 e. The number of halogens is 2. The lowest BCUT2D eigenvalue weighted by Gasteiger charge is -2.35. The summed E-state index contributed by atoms with van der Waals surface area (Å²) < 4.78 is 43.3. The zero-order valence-electron chi connectivity index (χ0n) is 29.2. The number of aromatic nitrogens is 4. The molecule has 9 rings (SSSR count). The predicted octanol–water partition coefficient (Wildman–Crippen LogP) is 6.89. The quantitative estimate of drug-likeness (QED) is 0.139. The number of anilines is 2. The first-order chi connectivity index (χ1) is 24.9. The Bertz CT molecular complexity index is 1910. The third-order valence-corrected chi connectivity index (χ3v) is 11.7. The third-order valence-electron chi connectivity index (χ3n) is 11.7. The average molecular weight is 697 g/mol. The number of ether oxygens (including phenoxy) is 2. The number of rotatable bonds is 8. The van der Waals surface area contributed by atoms with Crippen molar-refractivity contribution in [3.05, 3.63) is 82.9 Å². The van der Waals surface area contributed by atoms with Gasteiger partial charge in [-0.2, -0.15) is 0 Å². The number of piperidine rings is 1. The number of fused-ring (bicyclic) bond motifs is 2. The van der Waals surface area contributed by atoms with Crippen molar-refractivity contribution in [3.8, 4) is 0 Å². The number of nitrogens with one attached hydrogen (secondary N) is 4. The number of nitrogens with zero attached hydrogens (tertiary/aromatic N) is 4. The van der Waals surface area contributed by atoms with Crippen LogP contribution in [-0.4, -0.2) is 72.5 Å². The molecule has 6 heterocycles. The minimum atomic E-state index is -0.504. The maximum atomic E-state index is 16.1. The van der Waals surface area contributed by atoms with Gasteiger partial charge in [-0.25, -0.2) is 18.7 Å². The Morgan fingerprint density at radius 3 is 1.67 bits per heavy atom. The molecule has 4 aliphatic rings. The summed E-state index contributed by atoms with van der Waals surface area (Å²) >= 11 is 0. The Hall–Kier alpha value is -4.10. The summed E-state index contributed by atoms with van der Waals surface area (Å²) in [5.41, 5.74) is 6.51. The lowest BCUT2D eigenvalue weighted by molar-refractivity contribution is 0.117. The molecular weight excluding hydrogens is 650 g/mol. The monoisotopic (exact) mass is 696 g/mol. The van der Waals surface area contributed by atoms with Crippen LogP contribution in [0.2, 0.25) is 0 Å². The molecular formula is C39H46F2N8O2. The first-order valence-corrected chi connectivity index (χ1v) is 18.5. The lowest BCUT2D eigenvalue weighted by Crippen LogP contribution is -2.31. The summed E-state index contributed by atoms with van der Waals surface area (Å²) in [7, 11) is 3.49. The van der Waals surface area contributed by atoms with E-state index in [1.54, 1.807) is 26.4 Å². The first-order valence-electron chi connectivity index (χ1n) is 18.5. The first kappa shape index (κ1) is 32.8. The maximum absolute atomic E-state index is 16.1. The van der Waals surface area contributed by atoms with Crippen molar-refractivity contribution in [2.45, 2.75) is 81.3 Å². The van der Waals surface area contributed by atoms with Crippen molar-refractivity contribution < 1.29 is 18.3 Å². The Labute approximate surface area is 296 Å². The molecule has 3 aromatic carbocycles. The van der Waals surface area contributed by atoms with E-state index in [1.807, 2.05) is 4.90 Å².